The lowest BCUT2D eigenvalue weighted by atomic mass is 10.3. The molecule has 0 aliphatic heterocycles. The number of likely N-dealkylation sites (N-methyl/N-ethyl adjacent to an activating group) is 1. The van der Waals surface area contributed by atoms with Gasteiger partial charge in [-0.05, 0) is 24.3 Å². The van der Waals surface area contributed by atoms with Crippen molar-refractivity contribution in [3.05, 3.63) is 46.7 Å². The van der Waals surface area contributed by atoms with Crippen molar-refractivity contribution in [2.24, 2.45) is 0 Å². The molecule has 5 nitrogen and oxygen atoms in total. The highest BCUT2D eigenvalue weighted by atomic mass is 79.9. The van der Waals surface area contributed by atoms with E-state index >= 15 is 0 Å². The number of halogens is 1. The number of nitrogens with one attached hydrogen (secondary N) is 1. The fourth-order valence-corrected chi connectivity index (χ4v) is 1.79. The summed E-state index contributed by atoms with van der Waals surface area (Å²) in [7, 11) is 1.74. The number of aromatic nitrogens is 2. The molecule has 0 unspecified atom stereocenters. The van der Waals surface area contributed by atoms with E-state index in [1.54, 1.807) is 18.1 Å². The van der Waals surface area contributed by atoms with Crippen LogP contribution in [0.4, 0.5) is 0 Å². The van der Waals surface area contributed by atoms with Gasteiger partial charge in [0.15, 0.2) is 0 Å². The molecular weight excluding hydrogens is 310 g/mol. The average Bonchev–Trinajstić information content (AvgIpc) is 2.94. The number of aromatic amines is 1. The smallest absolute Gasteiger partial charge is 0.256 e. The van der Waals surface area contributed by atoms with E-state index in [-0.39, 0.29) is 5.91 Å². The molecule has 1 N–H and O–H groups in total. The molecule has 0 saturated carbocycles. The fraction of sp³-hybridized carbons (Fsp3) is 0.231. The minimum Gasteiger partial charge on any atom is -0.492 e. The molecule has 19 heavy (non-hydrogen) atoms. The third kappa shape index (κ3) is 3.82. The minimum absolute atomic E-state index is 0.0758. The van der Waals surface area contributed by atoms with Crippen molar-refractivity contribution in [3.8, 4) is 5.75 Å². The Morgan fingerprint density at radius 1 is 1.42 bits per heavy atom. The number of ether oxygens (including phenoxy) is 1. The van der Waals surface area contributed by atoms with Gasteiger partial charge in [-0.3, -0.25) is 9.89 Å². The maximum absolute atomic E-state index is 11.9. The van der Waals surface area contributed by atoms with Gasteiger partial charge in [-0.25, -0.2) is 0 Å². The Morgan fingerprint density at radius 3 is 2.79 bits per heavy atom. The zero-order chi connectivity index (χ0) is 13.7. The van der Waals surface area contributed by atoms with E-state index in [0.29, 0.717) is 18.7 Å². The number of hydrogen-bond acceptors (Lipinski definition) is 3. The molecule has 2 aromatic rings. The Labute approximate surface area is 119 Å². The number of nitrogens with zero attached hydrogens (tertiary/aromatic N) is 2. The largest absolute Gasteiger partial charge is 0.492 e. The second kappa shape index (κ2) is 6.38. The van der Waals surface area contributed by atoms with Crippen LogP contribution < -0.4 is 4.74 Å². The van der Waals surface area contributed by atoms with Gasteiger partial charge in [0.2, 0.25) is 0 Å². The first-order valence-corrected chi connectivity index (χ1v) is 6.59. The zero-order valence-electron chi connectivity index (χ0n) is 10.5. The van der Waals surface area contributed by atoms with E-state index in [4.69, 9.17) is 4.74 Å². The molecule has 0 bridgehead atoms. The van der Waals surface area contributed by atoms with Crippen LogP contribution in [0.25, 0.3) is 0 Å². The molecule has 0 fully saturated rings. The lowest BCUT2D eigenvalue weighted by Crippen LogP contribution is -2.30. The average molecular weight is 324 g/mol. The number of H-pyrrole nitrogens is 1. The molecule has 0 radical (unpaired) electrons. The van der Waals surface area contributed by atoms with Crippen LogP contribution in [0.15, 0.2) is 41.1 Å². The predicted octanol–water partition coefficient (Wildman–Crippen LogP) is 2.32. The summed E-state index contributed by atoms with van der Waals surface area (Å²) in [5.74, 6) is 0.709. The molecule has 1 heterocycles. The maximum atomic E-state index is 11.9. The molecule has 0 spiro atoms. The van der Waals surface area contributed by atoms with Crippen molar-refractivity contribution < 1.29 is 9.53 Å². The van der Waals surface area contributed by atoms with E-state index in [2.05, 4.69) is 26.1 Å². The Bertz CT molecular complexity index is 525. The molecule has 6 heteroatoms. The fourth-order valence-electron chi connectivity index (χ4n) is 1.52. The van der Waals surface area contributed by atoms with Gasteiger partial charge in [-0.2, -0.15) is 5.10 Å². The van der Waals surface area contributed by atoms with Crippen LogP contribution in [0, 0.1) is 0 Å². The summed E-state index contributed by atoms with van der Waals surface area (Å²) in [5.41, 5.74) is 0.547. The second-order valence-electron chi connectivity index (χ2n) is 4.02. The molecule has 2 rings (SSSR count). The lowest BCUT2D eigenvalue weighted by Gasteiger charge is -2.16. The third-order valence-electron chi connectivity index (χ3n) is 2.60. The van der Waals surface area contributed by atoms with Crippen molar-refractivity contribution in [1.29, 1.82) is 0 Å². The van der Waals surface area contributed by atoms with Crippen molar-refractivity contribution in [1.82, 2.24) is 15.1 Å². The molecule has 100 valence electrons. The van der Waals surface area contributed by atoms with Gasteiger partial charge in [-0.1, -0.05) is 15.9 Å². The molecule has 0 aliphatic rings. The van der Waals surface area contributed by atoms with Crippen molar-refractivity contribution in [2.75, 3.05) is 20.2 Å². The van der Waals surface area contributed by atoms with Gasteiger partial charge in [0.1, 0.15) is 12.4 Å². The van der Waals surface area contributed by atoms with Crippen LogP contribution >= 0.6 is 15.9 Å². The standard InChI is InChI=1S/C13H14BrN3O2/c1-17(13(18)10-8-15-16-9-10)6-7-19-12-4-2-11(14)3-5-12/h2-5,8-9H,6-7H2,1H3,(H,15,16). The van der Waals surface area contributed by atoms with Crippen LogP contribution in [0.1, 0.15) is 10.4 Å². The first-order chi connectivity index (χ1) is 9.16. The summed E-state index contributed by atoms with van der Waals surface area (Å²) in [4.78, 5) is 13.5. The lowest BCUT2D eigenvalue weighted by molar-refractivity contribution is 0.0774. The first-order valence-electron chi connectivity index (χ1n) is 5.79. The SMILES string of the molecule is CN(CCOc1ccc(Br)cc1)C(=O)c1cn[nH]c1. The number of benzene rings is 1. The highest BCUT2D eigenvalue weighted by molar-refractivity contribution is 9.10. The Morgan fingerprint density at radius 2 is 2.16 bits per heavy atom. The second-order valence-corrected chi connectivity index (χ2v) is 4.93. The summed E-state index contributed by atoms with van der Waals surface area (Å²) in [5, 5.41) is 6.37. The van der Waals surface area contributed by atoms with E-state index in [0.717, 1.165) is 10.2 Å². The van der Waals surface area contributed by atoms with Crippen molar-refractivity contribution >= 4 is 21.8 Å². The van der Waals surface area contributed by atoms with Crippen molar-refractivity contribution in [2.45, 2.75) is 0 Å². The molecule has 1 aromatic carbocycles. The van der Waals surface area contributed by atoms with Crippen LogP contribution in [-0.4, -0.2) is 41.2 Å². The summed E-state index contributed by atoms with van der Waals surface area (Å²) in [6.07, 6.45) is 3.09. The summed E-state index contributed by atoms with van der Waals surface area (Å²) >= 11 is 3.36. The predicted molar refractivity (Wildman–Crippen MR) is 75.2 cm³/mol. The normalized spacial score (nSPS) is 10.2. The summed E-state index contributed by atoms with van der Waals surface area (Å²) < 4.78 is 6.57. The molecule has 1 aromatic heterocycles. The molecule has 0 aliphatic carbocycles. The molecule has 0 atom stereocenters. The van der Waals surface area contributed by atoms with Crippen LogP contribution in [0.2, 0.25) is 0 Å². The van der Waals surface area contributed by atoms with E-state index in [9.17, 15) is 4.79 Å². The number of rotatable bonds is 5. The number of hydrogen-bond donors (Lipinski definition) is 1. The van der Waals surface area contributed by atoms with E-state index in [1.807, 2.05) is 24.3 Å². The molecule has 0 saturated heterocycles. The first kappa shape index (κ1) is 13.6. The van der Waals surface area contributed by atoms with Gasteiger partial charge in [0, 0.05) is 17.7 Å². The summed E-state index contributed by atoms with van der Waals surface area (Å²) in [6, 6.07) is 7.58. The Hall–Kier alpha value is -1.82. The van der Waals surface area contributed by atoms with Gasteiger partial charge in [-0.15, -0.1) is 0 Å². The van der Waals surface area contributed by atoms with E-state index in [1.165, 1.54) is 6.20 Å². The quantitative estimate of drug-likeness (QED) is 0.918. The van der Waals surface area contributed by atoms with Gasteiger partial charge >= 0.3 is 0 Å². The molecule has 1 amide bonds. The monoisotopic (exact) mass is 323 g/mol. The van der Waals surface area contributed by atoms with Gasteiger partial charge in [0.25, 0.3) is 5.91 Å². The highest BCUT2D eigenvalue weighted by Crippen LogP contribution is 2.15. The Balaban J connectivity index is 1.79. The maximum Gasteiger partial charge on any atom is 0.256 e. The van der Waals surface area contributed by atoms with E-state index < -0.39 is 0 Å². The zero-order valence-corrected chi connectivity index (χ0v) is 12.1. The number of carbonyl (C=O) groups is 1. The van der Waals surface area contributed by atoms with Crippen LogP contribution in [0.3, 0.4) is 0 Å². The Kier molecular flexibility index (Phi) is 4.57. The highest BCUT2D eigenvalue weighted by Gasteiger charge is 2.12. The number of amides is 1. The van der Waals surface area contributed by atoms with Gasteiger partial charge in [0.05, 0.1) is 18.3 Å². The molecular formula is C13H14BrN3O2. The topological polar surface area (TPSA) is 58.2 Å². The number of carbonyl (C=O) groups excluding carboxylic acids is 1. The third-order valence-corrected chi connectivity index (χ3v) is 3.13. The van der Waals surface area contributed by atoms with Crippen molar-refractivity contribution in [3.63, 3.8) is 0 Å². The summed E-state index contributed by atoms with van der Waals surface area (Å²) in [6.45, 7) is 0.960. The van der Waals surface area contributed by atoms with Crippen LogP contribution in [-0.2, 0) is 0 Å². The minimum atomic E-state index is -0.0758. The van der Waals surface area contributed by atoms with Gasteiger partial charge < -0.3 is 9.64 Å². The van der Waals surface area contributed by atoms with Crippen LogP contribution in [0.5, 0.6) is 5.75 Å².